The van der Waals surface area contributed by atoms with Gasteiger partial charge in [0.25, 0.3) is 5.91 Å². The van der Waals surface area contributed by atoms with Gasteiger partial charge in [-0.15, -0.1) is 11.3 Å². The lowest BCUT2D eigenvalue weighted by Gasteiger charge is -2.31. The summed E-state index contributed by atoms with van der Waals surface area (Å²) < 4.78 is 25.9. The Morgan fingerprint density at radius 2 is 1.97 bits per heavy atom. The molecule has 0 spiro atoms. The number of piperidine rings is 1. The average Bonchev–Trinajstić information content (AvgIpc) is 3.40. The highest BCUT2D eigenvalue weighted by molar-refractivity contribution is 7.89. The van der Waals surface area contributed by atoms with Crippen LogP contribution in [0, 0.1) is 0 Å². The maximum absolute atomic E-state index is 12.2. The summed E-state index contributed by atoms with van der Waals surface area (Å²) in [6, 6.07) is 5.95. The van der Waals surface area contributed by atoms with E-state index < -0.39 is 15.9 Å². The van der Waals surface area contributed by atoms with Crippen LogP contribution in [0.1, 0.15) is 46.5 Å². The molecule has 4 rings (SSSR count). The fourth-order valence-corrected chi connectivity index (χ4v) is 6.12. The molecule has 1 aliphatic heterocycles. The van der Waals surface area contributed by atoms with Crippen molar-refractivity contribution in [3.8, 4) is 11.1 Å². The van der Waals surface area contributed by atoms with Gasteiger partial charge in [0.1, 0.15) is 0 Å². The lowest BCUT2D eigenvalue weighted by atomic mass is 9.88. The molecule has 1 aromatic carbocycles. The smallest absolute Gasteiger partial charge is 0.250 e. The van der Waals surface area contributed by atoms with E-state index in [-0.39, 0.29) is 11.7 Å². The van der Waals surface area contributed by atoms with Crippen molar-refractivity contribution in [3.05, 3.63) is 45.8 Å². The summed E-state index contributed by atoms with van der Waals surface area (Å²) in [5, 5.41) is 3.01. The van der Waals surface area contributed by atoms with E-state index in [2.05, 4.69) is 11.1 Å². The third-order valence-electron chi connectivity index (χ3n) is 5.93. The number of aromatic nitrogens is 1. The number of aromatic amines is 1. The maximum atomic E-state index is 12.2. The van der Waals surface area contributed by atoms with Crippen LogP contribution in [-0.4, -0.2) is 42.5 Å². The van der Waals surface area contributed by atoms with Crippen molar-refractivity contribution in [2.75, 3.05) is 18.8 Å². The van der Waals surface area contributed by atoms with Gasteiger partial charge in [-0.1, -0.05) is 0 Å². The molecular weight excluding hydrogens is 420 g/mol. The number of nitrogens with zero attached hydrogens (tertiary/aromatic N) is 1. The first-order valence-corrected chi connectivity index (χ1v) is 12.5. The molecule has 1 saturated heterocycles. The number of H-pyrrole nitrogens is 1. The standard InChI is InChI=1S/C21H26N4O3S2/c1-2-30(27,28)25-5-3-13(4-6-25)19-11-24-20-17(19)8-14(9-18(20)21(23)26)15-7-16(10-22)29-12-15/h7-9,11-13,24H,2-6,10,22H2,1H3,(H2,23,26). The first kappa shape index (κ1) is 21.0. The van der Waals surface area contributed by atoms with Crippen molar-refractivity contribution in [1.29, 1.82) is 0 Å². The predicted molar refractivity (Wildman–Crippen MR) is 121 cm³/mol. The minimum absolute atomic E-state index is 0.127. The molecule has 3 heterocycles. The number of hydrogen-bond acceptors (Lipinski definition) is 5. The van der Waals surface area contributed by atoms with Crippen LogP contribution in [0.4, 0.5) is 0 Å². The second-order valence-corrected chi connectivity index (χ2v) is 10.9. The van der Waals surface area contributed by atoms with Crippen LogP contribution in [0.25, 0.3) is 22.0 Å². The summed E-state index contributed by atoms with van der Waals surface area (Å²) in [6.07, 6.45) is 3.44. The Kier molecular flexibility index (Phi) is 5.71. The van der Waals surface area contributed by atoms with Crippen LogP contribution in [0.3, 0.4) is 0 Å². The van der Waals surface area contributed by atoms with E-state index in [1.807, 2.05) is 23.7 Å². The van der Waals surface area contributed by atoms with Gasteiger partial charge in [-0.2, -0.15) is 0 Å². The van der Waals surface area contributed by atoms with Crippen molar-refractivity contribution in [2.24, 2.45) is 11.5 Å². The van der Waals surface area contributed by atoms with Crippen molar-refractivity contribution in [1.82, 2.24) is 9.29 Å². The van der Waals surface area contributed by atoms with Gasteiger partial charge in [0.15, 0.2) is 0 Å². The molecule has 2 aromatic heterocycles. The zero-order valence-electron chi connectivity index (χ0n) is 16.8. The highest BCUT2D eigenvalue weighted by Gasteiger charge is 2.29. The van der Waals surface area contributed by atoms with Gasteiger partial charge in [-0.25, -0.2) is 12.7 Å². The quantitative estimate of drug-likeness (QED) is 0.539. The highest BCUT2D eigenvalue weighted by Crippen LogP contribution is 2.37. The van der Waals surface area contributed by atoms with E-state index in [1.54, 1.807) is 22.6 Å². The molecule has 1 amide bonds. The van der Waals surface area contributed by atoms with Crippen LogP contribution in [0.15, 0.2) is 29.8 Å². The van der Waals surface area contributed by atoms with Crippen molar-refractivity contribution >= 4 is 38.2 Å². The molecule has 0 aliphatic carbocycles. The number of rotatable bonds is 6. The minimum atomic E-state index is -3.16. The summed E-state index contributed by atoms with van der Waals surface area (Å²) in [5.74, 6) is -0.130. The number of benzene rings is 1. The Hall–Kier alpha value is -2.20. The monoisotopic (exact) mass is 446 g/mol. The number of amides is 1. The molecule has 7 nitrogen and oxygen atoms in total. The summed E-state index contributed by atoms with van der Waals surface area (Å²) in [6.45, 7) is 3.18. The Labute approximate surface area is 180 Å². The molecule has 1 aliphatic rings. The van der Waals surface area contributed by atoms with Crippen LogP contribution < -0.4 is 11.5 Å². The number of nitrogens with two attached hydrogens (primary N) is 2. The molecule has 0 unspecified atom stereocenters. The first-order valence-electron chi connectivity index (χ1n) is 10.0. The van der Waals surface area contributed by atoms with Crippen molar-refractivity contribution < 1.29 is 13.2 Å². The summed E-state index contributed by atoms with van der Waals surface area (Å²) >= 11 is 1.59. The Morgan fingerprint density at radius 3 is 2.57 bits per heavy atom. The normalized spacial score (nSPS) is 16.3. The largest absolute Gasteiger partial charge is 0.366 e. The number of fused-ring (bicyclic) bond motifs is 1. The molecule has 0 atom stereocenters. The lowest BCUT2D eigenvalue weighted by molar-refractivity contribution is 0.100. The van der Waals surface area contributed by atoms with Crippen LogP contribution in [0.2, 0.25) is 0 Å². The number of hydrogen-bond donors (Lipinski definition) is 3. The summed E-state index contributed by atoms with van der Waals surface area (Å²) in [7, 11) is -3.16. The second-order valence-electron chi connectivity index (χ2n) is 7.63. The predicted octanol–water partition coefficient (Wildman–Crippen LogP) is 2.98. The number of sulfonamides is 1. The molecular formula is C21H26N4O3S2. The molecule has 5 N–H and O–H groups in total. The van der Waals surface area contributed by atoms with E-state index in [0.717, 1.165) is 45.3 Å². The topological polar surface area (TPSA) is 122 Å². The van der Waals surface area contributed by atoms with Gasteiger partial charge in [0.2, 0.25) is 10.0 Å². The maximum Gasteiger partial charge on any atom is 0.250 e. The van der Waals surface area contributed by atoms with Crippen molar-refractivity contribution in [2.45, 2.75) is 32.2 Å². The third kappa shape index (κ3) is 3.78. The summed E-state index contributed by atoms with van der Waals surface area (Å²) in [5.41, 5.74) is 15.7. The third-order valence-corrected chi connectivity index (χ3v) is 8.77. The number of primary amides is 1. The molecule has 0 bridgehead atoms. The molecule has 9 heteroatoms. The van der Waals surface area contributed by atoms with Crippen LogP contribution in [-0.2, 0) is 16.6 Å². The fourth-order valence-electron chi connectivity index (χ4n) is 4.22. The van der Waals surface area contributed by atoms with E-state index in [1.165, 1.54) is 0 Å². The number of carbonyl (C=O) groups is 1. The van der Waals surface area contributed by atoms with E-state index in [0.29, 0.717) is 25.2 Å². The van der Waals surface area contributed by atoms with Gasteiger partial charge < -0.3 is 16.5 Å². The average molecular weight is 447 g/mol. The number of thiophene rings is 1. The number of carbonyl (C=O) groups excluding carboxylic acids is 1. The molecule has 3 aromatic rings. The minimum Gasteiger partial charge on any atom is -0.366 e. The second kappa shape index (κ2) is 8.14. The zero-order chi connectivity index (χ0) is 21.5. The van der Waals surface area contributed by atoms with Crippen molar-refractivity contribution in [3.63, 3.8) is 0 Å². The highest BCUT2D eigenvalue weighted by atomic mass is 32.2. The molecule has 160 valence electrons. The van der Waals surface area contributed by atoms with Gasteiger partial charge in [0.05, 0.1) is 16.8 Å². The van der Waals surface area contributed by atoms with Gasteiger partial charge in [-0.05, 0) is 66.0 Å². The molecule has 0 radical (unpaired) electrons. The molecule has 0 saturated carbocycles. The van der Waals surface area contributed by atoms with E-state index in [4.69, 9.17) is 11.5 Å². The molecule has 30 heavy (non-hydrogen) atoms. The Balaban J connectivity index is 1.72. The van der Waals surface area contributed by atoms with E-state index >= 15 is 0 Å². The van der Waals surface area contributed by atoms with Gasteiger partial charge >= 0.3 is 0 Å². The van der Waals surface area contributed by atoms with Gasteiger partial charge in [0, 0.05) is 36.1 Å². The Bertz CT molecular complexity index is 1190. The SMILES string of the molecule is CCS(=O)(=O)N1CCC(c2c[nH]c3c(C(N)=O)cc(-c4csc(CN)c4)cc23)CC1. The zero-order valence-corrected chi connectivity index (χ0v) is 18.5. The van der Waals surface area contributed by atoms with Crippen LogP contribution >= 0.6 is 11.3 Å². The number of nitrogens with one attached hydrogen (secondary N) is 1. The fraction of sp³-hybridized carbons (Fsp3) is 0.381. The Morgan fingerprint density at radius 1 is 1.23 bits per heavy atom. The van der Waals surface area contributed by atoms with Gasteiger partial charge in [-0.3, -0.25) is 4.79 Å². The van der Waals surface area contributed by atoms with E-state index in [9.17, 15) is 13.2 Å². The van der Waals surface area contributed by atoms with Crippen LogP contribution in [0.5, 0.6) is 0 Å². The summed E-state index contributed by atoms with van der Waals surface area (Å²) in [4.78, 5) is 16.4. The first-order chi connectivity index (χ1) is 14.3. The molecule has 1 fully saturated rings. The lowest BCUT2D eigenvalue weighted by Crippen LogP contribution is -2.38.